The first-order chi connectivity index (χ1) is 13.5. The molecule has 1 N–H and O–H groups in total. The average molecular weight is 420 g/mol. The number of aryl methyl sites for hydroxylation is 1. The Hall–Kier alpha value is -2.24. The number of imidazole rings is 1. The minimum absolute atomic E-state index is 0.281. The standard InChI is InChI=1S/C21H23Cl2N3O2/c1-3-4-5-6-11-28-17-9-7-16(8-10-17)25-21(27)19-14(2)24-20-18(23)12-15(22)13-26(19)20/h7-10,12-13H,3-6,11H2,1-2H3,(H,25,27). The summed E-state index contributed by atoms with van der Waals surface area (Å²) in [6, 6.07) is 8.94. The molecule has 0 saturated heterocycles. The molecule has 28 heavy (non-hydrogen) atoms. The van der Waals surface area contributed by atoms with Crippen molar-refractivity contribution >= 4 is 40.4 Å². The number of anilines is 1. The van der Waals surface area contributed by atoms with Crippen molar-refractivity contribution in [2.45, 2.75) is 39.5 Å². The second-order valence-electron chi connectivity index (χ2n) is 6.63. The Labute approximate surface area is 174 Å². The number of halogens is 2. The Morgan fingerprint density at radius 2 is 1.93 bits per heavy atom. The highest BCUT2D eigenvalue weighted by atomic mass is 35.5. The summed E-state index contributed by atoms with van der Waals surface area (Å²) in [5.41, 5.74) is 2.15. The van der Waals surface area contributed by atoms with Gasteiger partial charge in [0.2, 0.25) is 0 Å². The Balaban J connectivity index is 1.68. The SMILES string of the molecule is CCCCCCOc1ccc(NC(=O)c2c(C)nc3c(Cl)cc(Cl)cn23)cc1. The van der Waals surface area contributed by atoms with Crippen LogP contribution in [0.3, 0.4) is 0 Å². The molecule has 0 aliphatic rings. The van der Waals surface area contributed by atoms with Gasteiger partial charge in [-0.05, 0) is 43.7 Å². The van der Waals surface area contributed by atoms with Crippen LogP contribution in [0.25, 0.3) is 5.65 Å². The van der Waals surface area contributed by atoms with Crippen molar-refractivity contribution < 1.29 is 9.53 Å². The minimum atomic E-state index is -0.281. The van der Waals surface area contributed by atoms with Crippen LogP contribution in [0.15, 0.2) is 36.5 Å². The van der Waals surface area contributed by atoms with Gasteiger partial charge in [0, 0.05) is 11.9 Å². The number of rotatable bonds is 8. The number of pyridine rings is 1. The van der Waals surface area contributed by atoms with E-state index in [0.717, 1.165) is 12.2 Å². The molecule has 0 aliphatic heterocycles. The van der Waals surface area contributed by atoms with E-state index >= 15 is 0 Å². The number of hydrogen-bond acceptors (Lipinski definition) is 3. The van der Waals surface area contributed by atoms with Crippen LogP contribution in [-0.2, 0) is 0 Å². The summed E-state index contributed by atoms with van der Waals surface area (Å²) in [6.45, 7) is 4.65. The minimum Gasteiger partial charge on any atom is -0.494 e. The molecule has 5 nitrogen and oxygen atoms in total. The van der Waals surface area contributed by atoms with Crippen LogP contribution in [0.1, 0.15) is 48.8 Å². The van der Waals surface area contributed by atoms with Crippen LogP contribution in [0, 0.1) is 6.92 Å². The number of benzene rings is 1. The van der Waals surface area contributed by atoms with Crippen molar-refractivity contribution in [1.82, 2.24) is 9.38 Å². The molecule has 2 aromatic heterocycles. The fourth-order valence-corrected chi connectivity index (χ4v) is 3.52. The van der Waals surface area contributed by atoms with Crippen molar-refractivity contribution in [2.24, 2.45) is 0 Å². The molecule has 1 aromatic carbocycles. The highest BCUT2D eigenvalue weighted by molar-refractivity contribution is 6.36. The van der Waals surface area contributed by atoms with Gasteiger partial charge in [0.15, 0.2) is 5.65 Å². The van der Waals surface area contributed by atoms with E-state index < -0.39 is 0 Å². The largest absolute Gasteiger partial charge is 0.494 e. The maximum atomic E-state index is 12.8. The molecule has 0 bridgehead atoms. The molecular formula is C21H23Cl2N3O2. The Kier molecular flexibility index (Phi) is 6.81. The second kappa shape index (κ2) is 9.30. The van der Waals surface area contributed by atoms with Gasteiger partial charge in [0.05, 0.1) is 22.3 Å². The lowest BCUT2D eigenvalue weighted by Gasteiger charge is -2.09. The Morgan fingerprint density at radius 1 is 1.18 bits per heavy atom. The van der Waals surface area contributed by atoms with Gasteiger partial charge >= 0.3 is 0 Å². The molecule has 0 spiro atoms. The number of nitrogens with one attached hydrogen (secondary N) is 1. The molecule has 0 unspecified atom stereocenters. The van der Waals surface area contributed by atoms with E-state index in [4.69, 9.17) is 27.9 Å². The molecule has 7 heteroatoms. The molecule has 0 saturated carbocycles. The number of hydrogen-bond donors (Lipinski definition) is 1. The fourth-order valence-electron chi connectivity index (χ4n) is 3.00. The second-order valence-corrected chi connectivity index (χ2v) is 7.48. The highest BCUT2D eigenvalue weighted by Crippen LogP contribution is 2.25. The highest BCUT2D eigenvalue weighted by Gasteiger charge is 2.19. The van der Waals surface area contributed by atoms with Crippen LogP contribution in [0.4, 0.5) is 5.69 Å². The van der Waals surface area contributed by atoms with Crippen molar-refractivity contribution in [3.05, 3.63) is 58.0 Å². The average Bonchev–Trinajstić information content (AvgIpc) is 2.99. The molecule has 0 atom stereocenters. The van der Waals surface area contributed by atoms with Crippen LogP contribution in [0.5, 0.6) is 5.75 Å². The first-order valence-electron chi connectivity index (χ1n) is 9.37. The number of fused-ring (bicyclic) bond motifs is 1. The van der Waals surface area contributed by atoms with Crippen molar-refractivity contribution in [3.8, 4) is 5.75 Å². The molecule has 2 heterocycles. The third kappa shape index (κ3) is 4.78. The van der Waals surface area contributed by atoms with Gasteiger partial charge in [-0.2, -0.15) is 0 Å². The number of aromatic nitrogens is 2. The Morgan fingerprint density at radius 3 is 2.64 bits per heavy atom. The lowest BCUT2D eigenvalue weighted by molar-refractivity contribution is 0.102. The van der Waals surface area contributed by atoms with Crippen LogP contribution < -0.4 is 10.1 Å². The maximum absolute atomic E-state index is 12.8. The number of carbonyl (C=O) groups excluding carboxylic acids is 1. The molecule has 3 aromatic rings. The summed E-state index contributed by atoms with van der Waals surface area (Å²) in [7, 11) is 0. The summed E-state index contributed by atoms with van der Waals surface area (Å²) in [4.78, 5) is 17.2. The number of amides is 1. The van der Waals surface area contributed by atoms with Gasteiger partial charge in [0.25, 0.3) is 5.91 Å². The maximum Gasteiger partial charge on any atom is 0.274 e. The van der Waals surface area contributed by atoms with E-state index in [2.05, 4.69) is 17.2 Å². The van der Waals surface area contributed by atoms with Crippen molar-refractivity contribution in [2.75, 3.05) is 11.9 Å². The topological polar surface area (TPSA) is 55.6 Å². The molecular weight excluding hydrogens is 397 g/mol. The number of unbranched alkanes of at least 4 members (excludes halogenated alkanes) is 3. The molecule has 0 aliphatic carbocycles. The lowest BCUT2D eigenvalue weighted by atomic mass is 10.2. The van der Waals surface area contributed by atoms with Gasteiger partial charge in [0.1, 0.15) is 11.4 Å². The van der Waals surface area contributed by atoms with Gasteiger partial charge < -0.3 is 10.1 Å². The molecule has 148 valence electrons. The van der Waals surface area contributed by atoms with Crippen LogP contribution in [0.2, 0.25) is 10.0 Å². The number of carbonyl (C=O) groups is 1. The predicted octanol–water partition coefficient (Wildman–Crippen LogP) is 6.16. The predicted molar refractivity (Wildman–Crippen MR) is 114 cm³/mol. The lowest BCUT2D eigenvalue weighted by Crippen LogP contribution is -2.15. The van der Waals surface area contributed by atoms with Crippen LogP contribution in [-0.4, -0.2) is 21.9 Å². The summed E-state index contributed by atoms with van der Waals surface area (Å²) in [6.07, 6.45) is 6.29. The number of nitrogens with zero attached hydrogens (tertiary/aromatic N) is 2. The van der Waals surface area contributed by atoms with E-state index in [1.807, 2.05) is 24.3 Å². The first-order valence-corrected chi connectivity index (χ1v) is 10.1. The molecule has 1 amide bonds. The van der Waals surface area contributed by atoms with E-state index in [9.17, 15) is 4.79 Å². The normalized spacial score (nSPS) is 11.0. The third-order valence-electron chi connectivity index (χ3n) is 4.41. The number of ether oxygens (including phenoxy) is 1. The van der Waals surface area contributed by atoms with Crippen molar-refractivity contribution in [1.29, 1.82) is 0 Å². The van der Waals surface area contributed by atoms with Gasteiger partial charge in [-0.1, -0.05) is 49.4 Å². The summed E-state index contributed by atoms with van der Waals surface area (Å²) >= 11 is 12.3. The summed E-state index contributed by atoms with van der Waals surface area (Å²) in [5.74, 6) is 0.510. The smallest absolute Gasteiger partial charge is 0.274 e. The van der Waals surface area contributed by atoms with Gasteiger partial charge in [-0.3, -0.25) is 9.20 Å². The van der Waals surface area contributed by atoms with E-state index in [1.54, 1.807) is 23.6 Å². The zero-order chi connectivity index (χ0) is 20.1. The first kappa shape index (κ1) is 20.5. The quantitative estimate of drug-likeness (QED) is 0.444. The molecule has 3 rings (SSSR count). The third-order valence-corrected chi connectivity index (χ3v) is 4.89. The van der Waals surface area contributed by atoms with Crippen molar-refractivity contribution in [3.63, 3.8) is 0 Å². The summed E-state index contributed by atoms with van der Waals surface area (Å²) < 4.78 is 7.35. The zero-order valence-corrected chi connectivity index (χ0v) is 17.5. The van der Waals surface area contributed by atoms with Gasteiger partial charge in [-0.25, -0.2) is 4.98 Å². The Bertz CT molecular complexity index is 968. The fraction of sp³-hybridized carbons (Fsp3) is 0.333. The van der Waals surface area contributed by atoms with E-state index in [1.165, 1.54) is 19.3 Å². The molecule has 0 fully saturated rings. The summed E-state index contributed by atoms with van der Waals surface area (Å²) in [5, 5.41) is 3.72. The zero-order valence-electron chi connectivity index (χ0n) is 16.0. The monoisotopic (exact) mass is 419 g/mol. The van der Waals surface area contributed by atoms with E-state index in [-0.39, 0.29) is 5.91 Å². The molecule has 0 radical (unpaired) electrons. The van der Waals surface area contributed by atoms with Crippen LogP contribution >= 0.6 is 23.2 Å². The van der Waals surface area contributed by atoms with Gasteiger partial charge in [-0.15, -0.1) is 0 Å². The van der Waals surface area contributed by atoms with E-state index in [0.29, 0.717) is 39.4 Å².